The van der Waals surface area contributed by atoms with Crippen LogP contribution in [0.1, 0.15) is 16.1 Å². The highest BCUT2D eigenvalue weighted by Gasteiger charge is 2.12. The quantitative estimate of drug-likeness (QED) is 0.582. The molecule has 0 atom stereocenters. The number of rotatable bonds is 3. The summed E-state index contributed by atoms with van der Waals surface area (Å²) < 4.78 is 4.56. The first-order valence-electron chi connectivity index (χ1n) is 4.43. The van der Waals surface area contributed by atoms with E-state index in [0.29, 0.717) is 12.1 Å². The first-order valence-corrected chi connectivity index (χ1v) is 4.81. The average molecular weight is 229 g/mol. The van der Waals surface area contributed by atoms with Crippen molar-refractivity contribution in [2.75, 3.05) is 21.2 Å². The van der Waals surface area contributed by atoms with Gasteiger partial charge in [-0.25, -0.2) is 9.78 Å². The average Bonchev–Trinajstić information content (AvgIpc) is 2.16. The zero-order valence-electron chi connectivity index (χ0n) is 8.95. The van der Waals surface area contributed by atoms with Crippen LogP contribution in [0, 0.1) is 0 Å². The van der Waals surface area contributed by atoms with Crippen molar-refractivity contribution in [2.45, 2.75) is 6.54 Å². The van der Waals surface area contributed by atoms with Gasteiger partial charge in [0.25, 0.3) is 0 Å². The van der Waals surface area contributed by atoms with Gasteiger partial charge < -0.3 is 9.64 Å². The molecule has 0 fully saturated rings. The van der Waals surface area contributed by atoms with E-state index < -0.39 is 5.97 Å². The number of hydrogen-bond donors (Lipinski definition) is 0. The highest BCUT2D eigenvalue weighted by Crippen LogP contribution is 2.15. The van der Waals surface area contributed by atoms with Crippen LogP contribution in [0.4, 0.5) is 0 Å². The smallest absolute Gasteiger partial charge is 0.341 e. The highest BCUT2D eigenvalue weighted by atomic mass is 35.5. The summed E-state index contributed by atoms with van der Waals surface area (Å²) in [4.78, 5) is 17.3. The van der Waals surface area contributed by atoms with E-state index in [0.717, 1.165) is 5.69 Å². The number of carbonyl (C=O) groups is 1. The number of pyridine rings is 1. The van der Waals surface area contributed by atoms with E-state index in [4.69, 9.17) is 11.6 Å². The number of ether oxygens (including phenoxy) is 1. The van der Waals surface area contributed by atoms with Crippen molar-refractivity contribution >= 4 is 17.6 Å². The second-order valence-electron chi connectivity index (χ2n) is 3.37. The standard InChI is InChI=1S/C10H13ClN2O2/c1-13(2)6-7-4-5-8(9(11)12-7)10(14)15-3/h4-5H,6H2,1-3H3. The van der Waals surface area contributed by atoms with E-state index in [2.05, 4.69) is 9.72 Å². The number of aromatic nitrogens is 1. The molecule has 4 nitrogen and oxygen atoms in total. The first-order chi connectivity index (χ1) is 7.04. The summed E-state index contributed by atoms with van der Waals surface area (Å²) >= 11 is 5.86. The van der Waals surface area contributed by atoms with Crippen LogP contribution >= 0.6 is 11.6 Å². The Morgan fingerprint density at radius 3 is 2.67 bits per heavy atom. The van der Waals surface area contributed by atoms with Gasteiger partial charge in [-0.1, -0.05) is 11.6 Å². The molecule has 82 valence electrons. The van der Waals surface area contributed by atoms with Gasteiger partial charge in [-0.05, 0) is 26.2 Å². The van der Waals surface area contributed by atoms with Crippen LogP contribution in [0.15, 0.2) is 12.1 Å². The molecule has 1 aromatic heterocycles. The maximum Gasteiger partial charge on any atom is 0.341 e. The van der Waals surface area contributed by atoms with E-state index in [-0.39, 0.29) is 5.15 Å². The van der Waals surface area contributed by atoms with Gasteiger partial charge in [0.2, 0.25) is 0 Å². The van der Waals surface area contributed by atoms with Gasteiger partial charge in [-0.3, -0.25) is 0 Å². The lowest BCUT2D eigenvalue weighted by atomic mass is 10.2. The third-order valence-electron chi connectivity index (χ3n) is 1.79. The molecule has 0 aliphatic carbocycles. The molecule has 15 heavy (non-hydrogen) atoms. The van der Waals surface area contributed by atoms with Gasteiger partial charge in [-0.2, -0.15) is 0 Å². The third-order valence-corrected chi connectivity index (χ3v) is 2.08. The van der Waals surface area contributed by atoms with Gasteiger partial charge in [0, 0.05) is 6.54 Å². The second kappa shape index (κ2) is 5.09. The number of halogens is 1. The van der Waals surface area contributed by atoms with Gasteiger partial charge >= 0.3 is 5.97 Å². The summed E-state index contributed by atoms with van der Waals surface area (Å²) in [5, 5.41) is 0.182. The fourth-order valence-corrected chi connectivity index (χ4v) is 1.39. The lowest BCUT2D eigenvalue weighted by molar-refractivity contribution is 0.0600. The predicted octanol–water partition coefficient (Wildman–Crippen LogP) is 1.58. The van der Waals surface area contributed by atoms with Crippen molar-refractivity contribution in [3.05, 3.63) is 28.5 Å². The largest absolute Gasteiger partial charge is 0.465 e. The topological polar surface area (TPSA) is 42.4 Å². The Balaban J connectivity index is 2.93. The van der Waals surface area contributed by atoms with Crippen molar-refractivity contribution in [3.63, 3.8) is 0 Å². The van der Waals surface area contributed by atoms with E-state index in [1.165, 1.54) is 7.11 Å². The molecule has 0 N–H and O–H groups in total. The van der Waals surface area contributed by atoms with Gasteiger partial charge in [0.05, 0.1) is 18.4 Å². The molecule has 0 aromatic carbocycles. The maximum absolute atomic E-state index is 11.2. The number of esters is 1. The molecule has 0 radical (unpaired) electrons. The number of nitrogens with zero attached hydrogens (tertiary/aromatic N) is 2. The van der Waals surface area contributed by atoms with Crippen molar-refractivity contribution in [2.24, 2.45) is 0 Å². The summed E-state index contributed by atoms with van der Waals surface area (Å²) in [5.74, 6) is -0.469. The van der Waals surface area contributed by atoms with Crippen molar-refractivity contribution in [1.82, 2.24) is 9.88 Å². The minimum atomic E-state index is -0.469. The first kappa shape index (κ1) is 11.9. The minimum absolute atomic E-state index is 0.182. The van der Waals surface area contributed by atoms with Crippen molar-refractivity contribution in [3.8, 4) is 0 Å². The Labute approximate surface area is 93.8 Å². The van der Waals surface area contributed by atoms with Crippen LogP contribution in [-0.2, 0) is 11.3 Å². The molecule has 5 heteroatoms. The Morgan fingerprint density at radius 2 is 2.20 bits per heavy atom. The van der Waals surface area contributed by atoms with Crippen molar-refractivity contribution in [1.29, 1.82) is 0 Å². The molecule has 0 aliphatic heterocycles. The molecule has 0 amide bonds. The monoisotopic (exact) mass is 228 g/mol. The Hall–Kier alpha value is -1.13. The molecule has 0 bridgehead atoms. The normalized spacial score (nSPS) is 10.5. The molecule has 1 aromatic rings. The molecular formula is C10H13ClN2O2. The van der Waals surface area contributed by atoms with Gasteiger partial charge in [0.15, 0.2) is 0 Å². The summed E-state index contributed by atoms with van der Waals surface area (Å²) in [5.41, 5.74) is 1.11. The van der Waals surface area contributed by atoms with E-state index in [1.807, 2.05) is 19.0 Å². The number of carbonyl (C=O) groups excluding carboxylic acids is 1. The van der Waals surface area contributed by atoms with Crippen LogP contribution in [0.3, 0.4) is 0 Å². The highest BCUT2D eigenvalue weighted by molar-refractivity contribution is 6.32. The molecule has 0 saturated carbocycles. The lowest BCUT2D eigenvalue weighted by Gasteiger charge is -2.09. The fraction of sp³-hybridized carbons (Fsp3) is 0.400. The summed E-state index contributed by atoms with van der Waals surface area (Å²) in [6, 6.07) is 3.39. The molecule has 1 rings (SSSR count). The molecule has 0 unspecified atom stereocenters. The summed E-state index contributed by atoms with van der Waals surface area (Å²) in [7, 11) is 5.18. The summed E-state index contributed by atoms with van der Waals surface area (Å²) in [6.45, 7) is 0.682. The van der Waals surface area contributed by atoms with Crippen LogP contribution in [0.25, 0.3) is 0 Å². The fourth-order valence-electron chi connectivity index (χ4n) is 1.15. The Kier molecular flexibility index (Phi) is 4.05. The second-order valence-corrected chi connectivity index (χ2v) is 3.73. The minimum Gasteiger partial charge on any atom is -0.465 e. The van der Waals surface area contributed by atoms with E-state index in [9.17, 15) is 4.79 Å². The Morgan fingerprint density at radius 1 is 1.53 bits per heavy atom. The van der Waals surface area contributed by atoms with Crippen LogP contribution in [0.5, 0.6) is 0 Å². The zero-order valence-corrected chi connectivity index (χ0v) is 9.71. The molecule has 1 heterocycles. The molecular weight excluding hydrogens is 216 g/mol. The van der Waals surface area contributed by atoms with Gasteiger partial charge in [0.1, 0.15) is 5.15 Å². The van der Waals surface area contributed by atoms with E-state index in [1.54, 1.807) is 12.1 Å². The molecule has 0 saturated heterocycles. The zero-order chi connectivity index (χ0) is 11.4. The van der Waals surface area contributed by atoms with Crippen LogP contribution in [-0.4, -0.2) is 37.1 Å². The van der Waals surface area contributed by atoms with Crippen LogP contribution in [0.2, 0.25) is 5.15 Å². The third kappa shape index (κ3) is 3.18. The number of methoxy groups -OCH3 is 1. The molecule has 0 spiro atoms. The SMILES string of the molecule is COC(=O)c1ccc(CN(C)C)nc1Cl. The van der Waals surface area contributed by atoms with Gasteiger partial charge in [-0.15, -0.1) is 0 Å². The maximum atomic E-state index is 11.2. The van der Waals surface area contributed by atoms with Crippen LogP contribution < -0.4 is 0 Å². The van der Waals surface area contributed by atoms with Crippen molar-refractivity contribution < 1.29 is 9.53 Å². The Bertz CT molecular complexity index is 366. The lowest BCUT2D eigenvalue weighted by Crippen LogP contribution is -2.13. The number of hydrogen-bond acceptors (Lipinski definition) is 4. The predicted molar refractivity (Wildman–Crippen MR) is 58.0 cm³/mol. The summed E-state index contributed by atoms with van der Waals surface area (Å²) in [6.07, 6.45) is 0. The van der Waals surface area contributed by atoms with E-state index >= 15 is 0 Å². The molecule has 0 aliphatic rings.